The summed E-state index contributed by atoms with van der Waals surface area (Å²) >= 11 is 0. The van der Waals surface area contributed by atoms with Crippen molar-refractivity contribution in [2.45, 2.75) is 17.4 Å². The first-order valence-corrected chi connectivity index (χ1v) is 11.1. The smallest absolute Gasteiger partial charge is 0.244 e. The fourth-order valence-electron chi connectivity index (χ4n) is 2.93. The molecule has 0 aliphatic carbocycles. The monoisotopic (exact) mass is 453 g/mol. The van der Waals surface area contributed by atoms with Crippen molar-refractivity contribution in [3.8, 4) is 11.8 Å². The number of rotatable bonds is 9. The summed E-state index contributed by atoms with van der Waals surface area (Å²) in [6.07, 6.45) is 0.0592. The maximum absolute atomic E-state index is 14.1. The minimum atomic E-state index is -4.30. The Labute approximate surface area is 185 Å². The van der Waals surface area contributed by atoms with Crippen molar-refractivity contribution in [1.29, 1.82) is 5.26 Å². The van der Waals surface area contributed by atoms with E-state index in [-0.39, 0.29) is 13.0 Å². The van der Waals surface area contributed by atoms with Crippen LogP contribution >= 0.6 is 0 Å². The second-order valence-electron chi connectivity index (χ2n) is 6.75. The molecule has 0 bridgehead atoms. The van der Waals surface area contributed by atoms with E-state index in [0.717, 1.165) is 17.7 Å². The van der Waals surface area contributed by atoms with Crippen LogP contribution in [-0.4, -0.2) is 27.0 Å². The van der Waals surface area contributed by atoms with Crippen LogP contribution in [-0.2, 0) is 21.2 Å². The van der Waals surface area contributed by atoms with Crippen molar-refractivity contribution in [1.82, 2.24) is 4.72 Å². The van der Waals surface area contributed by atoms with Crippen LogP contribution in [0.2, 0.25) is 0 Å². The zero-order valence-corrected chi connectivity index (χ0v) is 17.7. The van der Waals surface area contributed by atoms with Crippen LogP contribution in [0.4, 0.5) is 10.1 Å². The van der Waals surface area contributed by atoms with Crippen molar-refractivity contribution in [2.75, 3.05) is 11.9 Å². The Kier molecular flexibility index (Phi) is 7.54. The van der Waals surface area contributed by atoms with Gasteiger partial charge in [0.15, 0.2) is 6.61 Å². The molecule has 0 fully saturated rings. The van der Waals surface area contributed by atoms with Gasteiger partial charge in [0.05, 0.1) is 0 Å². The molecule has 3 aromatic carbocycles. The third kappa shape index (κ3) is 6.14. The number of sulfonamides is 1. The van der Waals surface area contributed by atoms with Crippen LogP contribution in [0.15, 0.2) is 83.8 Å². The summed E-state index contributed by atoms with van der Waals surface area (Å²) in [4.78, 5) is 12.4. The molecule has 1 amide bonds. The van der Waals surface area contributed by atoms with E-state index in [9.17, 15) is 17.6 Å². The van der Waals surface area contributed by atoms with Gasteiger partial charge in [-0.25, -0.2) is 12.8 Å². The highest BCUT2D eigenvalue weighted by molar-refractivity contribution is 7.89. The molecule has 164 valence electrons. The van der Waals surface area contributed by atoms with Crippen LogP contribution in [0.3, 0.4) is 0 Å². The molecule has 32 heavy (non-hydrogen) atoms. The minimum Gasteiger partial charge on any atom is -0.479 e. The number of nitrogens with one attached hydrogen (secondary N) is 2. The van der Waals surface area contributed by atoms with Gasteiger partial charge in [0, 0.05) is 5.69 Å². The summed E-state index contributed by atoms with van der Waals surface area (Å²) < 4.78 is 47.1. The van der Waals surface area contributed by atoms with Gasteiger partial charge in [-0.05, 0) is 48.4 Å². The van der Waals surface area contributed by atoms with Crippen LogP contribution in [0, 0.1) is 17.1 Å². The lowest BCUT2D eigenvalue weighted by Gasteiger charge is -2.19. The van der Waals surface area contributed by atoms with Gasteiger partial charge in [0.1, 0.15) is 28.6 Å². The number of carbonyl (C=O) groups is 1. The van der Waals surface area contributed by atoms with Crippen molar-refractivity contribution < 1.29 is 22.3 Å². The lowest BCUT2D eigenvalue weighted by molar-refractivity contribution is -0.117. The average Bonchev–Trinajstić information content (AvgIpc) is 2.79. The fourth-order valence-corrected chi connectivity index (χ4v) is 4.20. The molecule has 0 saturated heterocycles. The molecule has 2 N–H and O–H groups in total. The largest absolute Gasteiger partial charge is 0.479 e. The first-order chi connectivity index (χ1) is 15.4. The van der Waals surface area contributed by atoms with Crippen LogP contribution < -0.4 is 14.8 Å². The van der Waals surface area contributed by atoms with Gasteiger partial charge in [0.2, 0.25) is 15.9 Å². The van der Waals surface area contributed by atoms with E-state index in [1.807, 2.05) is 6.07 Å². The lowest BCUT2D eigenvalue weighted by atomic mass is 10.1. The second kappa shape index (κ2) is 10.5. The number of halogens is 1. The summed E-state index contributed by atoms with van der Waals surface area (Å²) in [5.41, 5.74) is 1.13. The number of benzene rings is 3. The molecule has 0 heterocycles. The van der Waals surface area contributed by atoms with E-state index in [0.29, 0.717) is 11.4 Å². The Bertz CT molecular complexity index is 1210. The summed E-state index contributed by atoms with van der Waals surface area (Å²) in [6.45, 7) is -0.108. The number of hydrogen-bond acceptors (Lipinski definition) is 5. The topological polar surface area (TPSA) is 108 Å². The molecule has 3 aromatic rings. The molecule has 1 unspecified atom stereocenters. The molecule has 0 aliphatic heterocycles. The van der Waals surface area contributed by atoms with Crippen LogP contribution in [0.1, 0.15) is 5.56 Å². The van der Waals surface area contributed by atoms with E-state index in [1.165, 1.54) is 12.1 Å². The Morgan fingerprint density at radius 3 is 2.31 bits per heavy atom. The molecule has 0 aromatic heterocycles. The number of anilines is 1. The molecule has 9 heteroatoms. The molecule has 3 rings (SSSR count). The van der Waals surface area contributed by atoms with Gasteiger partial charge >= 0.3 is 0 Å². The van der Waals surface area contributed by atoms with E-state index >= 15 is 0 Å². The van der Waals surface area contributed by atoms with Crippen LogP contribution in [0.5, 0.6) is 5.75 Å². The Balaban J connectivity index is 1.81. The third-order valence-corrected chi connectivity index (χ3v) is 5.95. The summed E-state index contributed by atoms with van der Waals surface area (Å²) in [7, 11) is -4.30. The highest BCUT2D eigenvalue weighted by Crippen LogP contribution is 2.18. The first kappa shape index (κ1) is 22.9. The number of nitriles is 1. The van der Waals surface area contributed by atoms with Gasteiger partial charge in [0.25, 0.3) is 0 Å². The van der Waals surface area contributed by atoms with Crippen molar-refractivity contribution in [3.05, 3.63) is 90.2 Å². The average molecular weight is 453 g/mol. The molecule has 7 nitrogen and oxygen atoms in total. The highest BCUT2D eigenvalue weighted by atomic mass is 32.2. The number of amides is 1. The minimum absolute atomic E-state index is 0.0592. The lowest BCUT2D eigenvalue weighted by Crippen LogP contribution is -2.45. The van der Waals surface area contributed by atoms with E-state index in [4.69, 9.17) is 10.00 Å². The van der Waals surface area contributed by atoms with Gasteiger partial charge in [-0.1, -0.05) is 42.5 Å². The maximum atomic E-state index is 14.1. The Hall–Kier alpha value is -3.74. The van der Waals surface area contributed by atoms with Crippen molar-refractivity contribution >= 4 is 21.6 Å². The standard InChI is InChI=1S/C23H20FN3O4S/c24-20-8-4-5-9-22(20)32(29,30)27-21(16-17-6-2-1-3-7-17)23(28)26-18-10-12-19(13-11-18)31-15-14-25/h1-13,21,27H,15-16H2,(H,26,28). The molecular weight excluding hydrogens is 433 g/mol. The number of ether oxygens (including phenoxy) is 1. The zero-order chi connectivity index (χ0) is 23.0. The summed E-state index contributed by atoms with van der Waals surface area (Å²) in [5.74, 6) is -1.07. The molecule has 1 atom stereocenters. The quantitative estimate of drug-likeness (QED) is 0.517. The number of hydrogen-bond donors (Lipinski definition) is 2. The predicted molar refractivity (Wildman–Crippen MR) is 117 cm³/mol. The summed E-state index contributed by atoms with van der Waals surface area (Å²) in [6, 6.07) is 20.8. The maximum Gasteiger partial charge on any atom is 0.244 e. The second-order valence-corrected chi connectivity index (χ2v) is 8.44. The van der Waals surface area contributed by atoms with Gasteiger partial charge in [-0.15, -0.1) is 0 Å². The first-order valence-electron chi connectivity index (χ1n) is 9.60. The normalized spacial score (nSPS) is 11.9. The molecule has 0 saturated carbocycles. The zero-order valence-electron chi connectivity index (χ0n) is 16.9. The van der Waals surface area contributed by atoms with E-state index < -0.39 is 32.7 Å². The SMILES string of the molecule is N#CCOc1ccc(NC(=O)C(Cc2ccccc2)NS(=O)(=O)c2ccccc2F)cc1. The molecular formula is C23H20FN3O4S. The summed E-state index contributed by atoms with van der Waals surface area (Å²) in [5, 5.41) is 11.2. The van der Waals surface area contributed by atoms with Gasteiger partial charge in [-0.3, -0.25) is 4.79 Å². The third-order valence-electron chi connectivity index (χ3n) is 4.45. The van der Waals surface area contributed by atoms with Crippen molar-refractivity contribution in [2.24, 2.45) is 0 Å². The van der Waals surface area contributed by atoms with E-state index in [2.05, 4.69) is 10.0 Å². The Morgan fingerprint density at radius 1 is 1.00 bits per heavy atom. The highest BCUT2D eigenvalue weighted by Gasteiger charge is 2.28. The van der Waals surface area contributed by atoms with Crippen molar-refractivity contribution in [3.63, 3.8) is 0 Å². The molecule has 0 spiro atoms. The van der Waals surface area contributed by atoms with Gasteiger partial charge in [-0.2, -0.15) is 9.98 Å². The van der Waals surface area contributed by atoms with Crippen LogP contribution in [0.25, 0.3) is 0 Å². The van der Waals surface area contributed by atoms with Gasteiger partial charge < -0.3 is 10.1 Å². The molecule has 0 aliphatic rings. The number of nitrogens with zero attached hydrogens (tertiary/aromatic N) is 1. The fraction of sp³-hybridized carbons (Fsp3) is 0.130. The predicted octanol–water partition coefficient (Wildman–Crippen LogP) is 3.26. The molecule has 0 radical (unpaired) electrons. The number of carbonyl (C=O) groups excluding carboxylic acids is 1. The Morgan fingerprint density at radius 2 is 1.66 bits per heavy atom. The van der Waals surface area contributed by atoms with E-state index in [1.54, 1.807) is 54.6 Å².